The predicted octanol–water partition coefficient (Wildman–Crippen LogP) is 5.04. The van der Waals surface area contributed by atoms with Gasteiger partial charge in [0.2, 0.25) is 0 Å². The fraction of sp³-hybridized carbons (Fsp3) is 0.143. The molecule has 0 fully saturated rings. The van der Waals surface area contributed by atoms with E-state index in [-0.39, 0.29) is 11.6 Å². The van der Waals surface area contributed by atoms with Crippen LogP contribution in [0.25, 0.3) is 0 Å². The Morgan fingerprint density at radius 2 is 1.85 bits per heavy atom. The highest BCUT2D eigenvalue weighted by atomic mass is 79.9. The second-order valence-electron chi connectivity index (χ2n) is 4.09. The van der Waals surface area contributed by atoms with Gasteiger partial charge in [0.15, 0.2) is 0 Å². The Kier molecular flexibility index (Phi) is 5.43. The Balaban J connectivity index is 2.21. The average Bonchev–Trinajstić information content (AvgIpc) is 2.42. The maximum Gasteiger partial charge on any atom is 0.148 e. The summed E-state index contributed by atoms with van der Waals surface area (Å²) < 4.78 is 20.6. The number of hydrogen-bond donors (Lipinski definition) is 1. The predicted molar refractivity (Wildman–Crippen MR) is 85.5 cm³/mol. The van der Waals surface area contributed by atoms with Gasteiger partial charge < -0.3 is 10.5 Å². The Labute approximate surface area is 138 Å². The van der Waals surface area contributed by atoms with E-state index in [2.05, 4.69) is 31.9 Å². The van der Waals surface area contributed by atoms with Crippen LogP contribution < -0.4 is 10.5 Å². The van der Waals surface area contributed by atoms with E-state index in [1.54, 1.807) is 12.1 Å². The van der Waals surface area contributed by atoms with Crippen LogP contribution in [0.5, 0.6) is 5.75 Å². The number of hydrogen-bond acceptors (Lipinski definition) is 2. The van der Waals surface area contributed by atoms with Crippen LogP contribution in [0.4, 0.5) is 4.39 Å². The molecule has 20 heavy (non-hydrogen) atoms. The molecule has 0 unspecified atom stereocenters. The first kappa shape index (κ1) is 15.8. The number of benzene rings is 2. The van der Waals surface area contributed by atoms with Crippen molar-refractivity contribution in [2.45, 2.75) is 13.2 Å². The molecule has 0 bridgehead atoms. The molecule has 0 heterocycles. The second-order valence-corrected chi connectivity index (χ2v) is 6.18. The molecule has 2 aromatic rings. The monoisotopic (exact) mass is 421 g/mol. The minimum Gasteiger partial charge on any atom is -0.486 e. The van der Waals surface area contributed by atoms with E-state index < -0.39 is 5.82 Å². The molecule has 6 heteroatoms. The summed E-state index contributed by atoms with van der Waals surface area (Å²) in [4.78, 5) is 0. The highest BCUT2D eigenvalue weighted by molar-refractivity contribution is 9.11. The van der Waals surface area contributed by atoms with Crippen LogP contribution in [0, 0.1) is 5.82 Å². The van der Waals surface area contributed by atoms with Gasteiger partial charge in [-0.15, -0.1) is 0 Å². The molecule has 2 nitrogen and oxygen atoms in total. The smallest absolute Gasteiger partial charge is 0.148 e. The lowest BCUT2D eigenvalue weighted by Gasteiger charge is -2.12. The van der Waals surface area contributed by atoms with Crippen molar-refractivity contribution in [3.05, 3.63) is 61.2 Å². The quantitative estimate of drug-likeness (QED) is 0.748. The van der Waals surface area contributed by atoms with Gasteiger partial charge in [-0.1, -0.05) is 23.7 Å². The van der Waals surface area contributed by atoms with Crippen molar-refractivity contribution >= 4 is 43.5 Å². The highest BCUT2D eigenvalue weighted by Crippen LogP contribution is 2.35. The molecule has 0 atom stereocenters. The van der Waals surface area contributed by atoms with Crippen LogP contribution in [0.15, 0.2) is 39.3 Å². The van der Waals surface area contributed by atoms with Crippen LogP contribution in [-0.2, 0) is 13.2 Å². The van der Waals surface area contributed by atoms with Crippen LogP contribution in [0.3, 0.4) is 0 Å². The van der Waals surface area contributed by atoms with Crippen LogP contribution in [0.1, 0.15) is 11.1 Å². The summed E-state index contributed by atoms with van der Waals surface area (Å²) in [7, 11) is 0. The summed E-state index contributed by atoms with van der Waals surface area (Å²) in [5.41, 5.74) is 7.16. The summed E-state index contributed by atoms with van der Waals surface area (Å²) in [5.74, 6) is 0.173. The maximum absolute atomic E-state index is 13.3. The fourth-order valence-electron chi connectivity index (χ4n) is 1.68. The van der Waals surface area contributed by atoms with Crippen molar-refractivity contribution in [1.29, 1.82) is 0 Å². The molecule has 2 aromatic carbocycles. The summed E-state index contributed by atoms with van der Waals surface area (Å²) in [5, 5.41) is 0.0818. The third-order valence-electron chi connectivity index (χ3n) is 2.70. The van der Waals surface area contributed by atoms with Crippen molar-refractivity contribution in [3.8, 4) is 5.75 Å². The molecule has 2 rings (SSSR count). The standard InChI is InChI=1S/C14H11Br2ClFNO/c15-10-4-8(6-19)5-11(16)14(10)20-7-9-2-1-3-12(18)13(9)17/h1-5H,6-7,19H2. The summed E-state index contributed by atoms with van der Waals surface area (Å²) >= 11 is 12.7. The number of nitrogens with two attached hydrogens (primary N) is 1. The van der Waals surface area contributed by atoms with Crippen molar-refractivity contribution in [1.82, 2.24) is 0 Å². The molecule has 106 valence electrons. The molecule has 0 aliphatic rings. The molecule has 0 aromatic heterocycles. The Morgan fingerprint density at radius 3 is 2.45 bits per heavy atom. The van der Waals surface area contributed by atoms with Gasteiger partial charge in [0.05, 0.1) is 14.0 Å². The first-order valence-corrected chi connectivity index (χ1v) is 7.73. The second kappa shape index (κ2) is 6.89. The zero-order valence-electron chi connectivity index (χ0n) is 10.3. The molecule has 2 N–H and O–H groups in total. The van der Waals surface area contributed by atoms with Gasteiger partial charge in [-0.05, 0) is 55.6 Å². The van der Waals surface area contributed by atoms with Crippen LogP contribution in [-0.4, -0.2) is 0 Å². The maximum atomic E-state index is 13.3. The topological polar surface area (TPSA) is 35.2 Å². The summed E-state index contributed by atoms with van der Waals surface area (Å²) in [6.45, 7) is 0.614. The van der Waals surface area contributed by atoms with Gasteiger partial charge in [-0.3, -0.25) is 0 Å². The molecule has 0 aliphatic carbocycles. The van der Waals surface area contributed by atoms with E-state index in [0.29, 0.717) is 17.9 Å². The third kappa shape index (κ3) is 3.52. The van der Waals surface area contributed by atoms with E-state index in [0.717, 1.165) is 14.5 Å². The zero-order valence-corrected chi connectivity index (χ0v) is 14.2. The van der Waals surface area contributed by atoms with Gasteiger partial charge in [0.1, 0.15) is 18.2 Å². The van der Waals surface area contributed by atoms with Gasteiger partial charge >= 0.3 is 0 Å². The lowest BCUT2D eigenvalue weighted by Crippen LogP contribution is -2.01. The highest BCUT2D eigenvalue weighted by Gasteiger charge is 2.11. The van der Waals surface area contributed by atoms with E-state index in [4.69, 9.17) is 22.1 Å². The van der Waals surface area contributed by atoms with E-state index in [9.17, 15) is 4.39 Å². The zero-order chi connectivity index (χ0) is 14.7. The third-order valence-corrected chi connectivity index (χ3v) is 4.30. The lowest BCUT2D eigenvalue weighted by molar-refractivity contribution is 0.301. The average molecular weight is 424 g/mol. The number of rotatable bonds is 4. The van der Waals surface area contributed by atoms with Crippen LogP contribution in [0.2, 0.25) is 5.02 Å². The van der Waals surface area contributed by atoms with Crippen molar-refractivity contribution < 1.29 is 9.13 Å². The Bertz CT molecular complexity index is 614. The summed E-state index contributed by atoms with van der Waals surface area (Å²) in [6.07, 6.45) is 0. The summed E-state index contributed by atoms with van der Waals surface area (Å²) in [6, 6.07) is 8.40. The minimum absolute atomic E-state index is 0.0818. The number of halogens is 4. The van der Waals surface area contributed by atoms with Gasteiger partial charge in [0, 0.05) is 12.1 Å². The molecule has 0 aliphatic heterocycles. The molecule has 0 spiro atoms. The molecule has 0 saturated heterocycles. The Morgan fingerprint density at radius 1 is 1.20 bits per heavy atom. The van der Waals surface area contributed by atoms with Crippen molar-refractivity contribution in [2.24, 2.45) is 5.73 Å². The van der Waals surface area contributed by atoms with Crippen LogP contribution >= 0.6 is 43.5 Å². The van der Waals surface area contributed by atoms with Gasteiger partial charge in [-0.25, -0.2) is 4.39 Å². The minimum atomic E-state index is -0.454. The molecular formula is C14H11Br2ClFNO. The Hall–Kier alpha value is -0.620. The van der Waals surface area contributed by atoms with Gasteiger partial charge in [0.25, 0.3) is 0 Å². The normalized spacial score (nSPS) is 10.7. The van der Waals surface area contributed by atoms with Crippen molar-refractivity contribution in [2.75, 3.05) is 0 Å². The lowest BCUT2D eigenvalue weighted by atomic mass is 10.2. The fourth-order valence-corrected chi connectivity index (χ4v) is 3.37. The van der Waals surface area contributed by atoms with Gasteiger partial charge in [-0.2, -0.15) is 0 Å². The first-order valence-electron chi connectivity index (χ1n) is 5.76. The first-order chi connectivity index (χ1) is 9.52. The number of ether oxygens (including phenoxy) is 1. The van der Waals surface area contributed by atoms with E-state index in [1.165, 1.54) is 6.07 Å². The molecule has 0 radical (unpaired) electrons. The van der Waals surface area contributed by atoms with E-state index in [1.807, 2.05) is 12.1 Å². The molecule has 0 saturated carbocycles. The molecular weight excluding hydrogens is 412 g/mol. The van der Waals surface area contributed by atoms with E-state index >= 15 is 0 Å². The largest absolute Gasteiger partial charge is 0.486 e. The van der Waals surface area contributed by atoms with Crippen molar-refractivity contribution in [3.63, 3.8) is 0 Å². The SMILES string of the molecule is NCc1cc(Br)c(OCc2cccc(F)c2Cl)c(Br)c1. The molecule has 0 amide bonds.